The van der Waals surface area contributed by atoms with Crippen LogP contribution in [-0.2, 0) is 4.79 Å². The molecule has 0 aromatic heterocycles. The molecule has 0 atom stereocenters. The second-order valence-corrected chi connectivity index (χ2v) is 7.41. The van der Waals surface area contributed by atoms with E-state index >= 15 is 0 Å². The van der Waals surface area contributed by atoms with E-state index in [2.05, 4.69) is 16.2 Å². The van der Waals surface area contributed by atoms with Crippen molar-refractivity contribution in [2.75, 3.05) is 6.61 Å². The van der Waals surface area contributed by atoms with Crippen LogP contribution >= 0.6 is 23.8 Å². The number of hydrazine groups is 1. The zero-order valence-corrected chi connectivity index (χ0v) is 18.2. The van der Waals surface area contributed by atoms with Gasteiger partial charge in [0.1, 0.15) is 5.75 Å². The first-order chi connectivity index (χ1) is 14.9. The summed E-state index contributed by atoms with van der Waals surface area (Å²) in [7, 11) is 0. The van der Waals surface area contributed by atoms with Crippen molar-refractivity contribution in [3.05, 3.63) is 88.9 Å². The number of rotatable bonds is 5. The number of benzene rings is 3. The molecule has 8 heteroatoms. The molecule has 0 fully saturated rings. The van der Waals surface area contributed by atoms with Gasteiger partial charge in [0.25, 0.3) is 11.8 Å². The number of halogens is 1. The molecule has 3 N–H and O–H groups in total. The lowest BCUT2D eigenvalue weighted by Gasteiger charge is -2.12. The lowest BCUT2D eigenvalue weighted by molar-refractivity contribution is -0.123. The number of hydrogen-bond acceptors (Lipinski definition) is 4. The molecule has 0 heterocycles. The van der Waals surface area contributed by atoms with Crippen LogP contribution in [0.1, 0.15) is 15.9 Å². The molecular weight excluding hydrogens is 434 g/mol. The second kappa shape index (κ2) is 10.6. The summed E-state index contributed by atoms with van der Waals surface area (Å²) in [4.78, 5) is 24.2. The van der Waals surface area contributed by atoms with E-state index < -0.39 is 5.91 Å². The van der Waals surface area contributed by atoms with Crippen molar-refractivity contribution in [3.63, 3.8) is 0 Å². The Bertz CT molecular complexity index is 1090. The maximum absolute atomic E-state index is 12.3. The molecule has 0 spiro atoms. The predicted octanol–water partition coefficient (Wildman–Crippen LogP) is 4.03. The Morgan fingerprint density at radius 3 is 2.29 bits per heavy atom. The zero-order valence-electron chi connectivity index (χ0n) is 16.6. The van der Waals surface area contributed by atoms with Gasteiger partial charge < -0.3 is 4.74 Å². The van der Waals surface area contributed by atoms with Crippen LogP contribution in [0.4, 0.5) is 0 Å². The van der Waals surface area contributed by atoms with E-state index in [9.17, 15) is 9.59 Å². The van der Waals surface area contributed by atoms with Crippen molar-refractivity contribution >= 4 is 40.7 Å². The highest BCUT2D eigenvalue weighted by Gasteiger charge is 2.10. The third-order valence-corrected chi connectivity index (χ3v) is 4.92. The van der Waals surface area contributed by atoms with Gasteiger partial charge in [-0.05, 0) is 66.2 Å². The summed E-state index contributed by atoms with van der Waals surface area (Å²) in [6.07, 6.45) is 0. The molecule has 3 rings (SSSR count). The summed E-state index contributed by atoms with van der Waals surface area (Å²) in [5.74, 6) is -0.331. The van der Waals surface area contributed by atoms with Crippen LogP contribution < -0.4 is 20.9 Å². The molecule has 0 aliphatic carbocycles. The van der Waals surface area contributed by atoms with Gasteiger partial charge in [0.05, 0.1) is 0 Å². The Morgan fingerprint density at radius 2 is 1.61 bits per heavy atom. The molecule has 158 valence electrons. The highest BCUT2D eigenvalue weighted by Crippen LogP contribution is 2.21. The highest BCUT2D eigenvalue weighted by molar-refractivity contribution is 7.80. The van der Waals surface area contributed by atoms with Crippen LogP contribution in [-0.4, -0.2) is 23.5 Å². The fraction of sp³-hybridized carbons (Fsp3) is 0.0870. The molecular formula is C23H20ClN3O3S. The normalized spacial score (nSPS) is 10.1. The first kappa shape index (κ1) is 22.3. The molecule has 0 radical (unpaired) electrons. The van der Waals surface area contributed by atoms with E-state index in [0.717, 1.165) is 16.7 Å². The number of carbonyl (C=O) groups is 2. The predicted molar refractivity (Wildman–Crippen MR) is 125 cm³/mol. The highest BCUT2D eigenvalue weighted by atomic mass is 35.5. The molecule has 2 amide bonds. The molecule has 6 nitrogen and oxygen atoms in total. The van der Waals surface area contributed by atoms with Gasteiger partial charge in [0.2, 0.25) is 0 Å². The van der Waals surface area contributed by atoms with Crippen LogP contribution in [0.15, 0.2) is 72.8 Å². The Kier molecular flexibility index (Phi) is 7.59. The van der Waals surface area contributed by atoms with E-state index in [0.29, 0.717) is 16.3 Å². The number of ether oxygens (including phenoxy) is 1. The van der Waals surface area contributed by atoms with Gasteiger partial charge in [-0.1, -0.05) is 54.1 Å². The summed E-state index contributed by atoms with van der Waals surface area (Å²) in [5, 5.41) is 3.09. The van der Waals surface area contributed by atoms with Crippen LogP contribution in [0.3, 0.4) is 0 Å². The Hall–Kier alpha value is -3.42. The summed E-state index contributed by atoms with van der Waals surface area (Å²) in [6, 6.07) is 22.1. The first-order valence-electron chi connectivity index (χ1n) is 9.37. The van der Waals surface area contributed by atoms with Crippen LogP contribution in [0, 0.1) is 6.92 Å². The van der Waals surface area contributed by atoms with Gasteiger partial charge >= 0.3 is 0 Å². The van der Waals surface area contributed by atoms with Crippen molar-refractivity contribution in [2.24, 2.45) is 0 Å². The maximum atomic E-state index is 12.3. The number of amides is 2. The number of aryl methyl sites for hydroxylation is 1. The number of carbonyl (C=O) groups excluding carboxylic acids is 2. The number of nitrogens with one attached hydrogen (secondary N) is 3. The van der Waals surface area contributed by atoms with Crippen molar-refractivity contribution in [3.8, 4) is 16.9 Å². The zero-order chi connectivity index (χ0) is 22.2. The fourth-order valence-corrected chi connectivity index (χ4v) is 2.93. The second-order valence-electron chi connectivity index (χ2n) is 6.60. The molecule has 0 bridgehead atoms. The lowest BCUT2D eigenvalue weighted by atomic mass is 10.0. The third kappa shape index (κ3) is 6.53. The molecule has 0 aliphatic heterocycles. The summed E-state index contributed by atoms with van der Waals surface area (Å²) in [6.45, 7) is 1.61. The lowest BCUT2D eigenvalue weighted by Crippen LogP contribution is -2.49. The van der Waals surface area contributed by atoms with Crippen LogP contribution in [0.2, 0.25) is 5.02 Å². The van der Waals surface area contributed by atoms with Gasteiger partial charge in [-0.3, -0.25) is 25.8 Å². The minimum absolute atomic E-state index is 0.0344. The third-order valence-electron chi connectivity index (χ3n) is 4.30. The monoisotopic (exact) mass is 453 g/mol. The molecule has 31 heavy (non-hydrogen) atoms. The average Bonchev–Trinajstić information content (AvgIpc) is 2.79. The molecule has 3 aromatic carbocycles. The largest absolute Gasteiger partial charge is 0.484 e. The first-order valence-corrected chi connectivity index (χ1v) is 10.2. The van der Waals surface area contributed by atoms with Crippen molar-refractivity contribution in [1.82, 2.24) is 16.2 Å². The summed E-state index contributed by atoms with van der Waals surface area (Å²) >= 11 is 11.0. The Balaban J connectivity index is 1.44. The SMILES string of the molecule is Cc1cc(OCC(=O)NNC(=S)NC(=O)c2ccc(-c3ccccc3)cc2)ccc1Cl. The van der Waals surface area contributed by atoms with Gasteiger partial charge in [-0.2, -0.15) is 0 Å². The molecule has 0 aliphatic rings. The summed E-state index contributed by atoms with van der Waals surface area (Å²) in [5.41, 5.74) is 8.19. The summed E-state index contributed by atoms with van der Waals surface area (Å²) < 4.78 is 5.39. The number of hydrogen-bond donors (Lipinski definition) is 3. The Morgan fingerprint density at radius 1 is 0.935 bits per heavy atom. The quantitative estimate of drug-likeness (QED) is 0.401. The van der Waals surface area contributed by atoms with Gasteiger partial charge in [-0.25, -0.2) is 0 Å². The molecule has 0 saturated heterocycles. The van der Waals surface area contributed by atoms with Gasteiger partial charge in [0, 0.05) is 10.6 Å². The van der Waals surface area contributed by atoms with Gasteiger partial charge in [0.15, 0.2) is 11.7 Å². The van der Waals surface area contributed by atoms with E-state index in [-0.39, 0.29) is 17.6 Å². The van der Waals surface area contributed by atoms with Gasteiger partial charge in [-0.15, -0.1) is 0 Å². The van der Waals surface area contributed by atoms with Crippen molar-refractivity contribution < 1.29 is 14.3 Å². The van der Waals surface area contributed by atoms with Crippen molar-refractivity contribution in [2.45, 2.75) is 6.92 Å². The van der Waals surface area contributed by atoms with E-state index in [1.54, 1.807) is 30.3 Å². The topological polar surface area (TPSA) is 79.5 Å². The van der Waals surface area contributed by atoms with E-state index in [4.69, 9.17) is 28.6 Å². The van der Waals surface area contributed by atoms with Crippen LogP contribution in [0.25, 0.3) is 11.1 Å². The minimum atomic E-state index is -0.462. The average molecular weight is 454 g/mol. The fourth-order valence-electron chi connectivity index (χ4n) is 2.67. The van der Waals surface area contributed by atoms with E-state index in [1.165, 1.54) is 0 Å². The molecule has 0 saturated carbocycles. The van der Waals surface area contributed by atoms with E-state index in [1.807, 2.05) is 49.4 Å². The minimum Gasteiger partial charge on any atom is -0.484 e. The molecule has 3 aromatic rings. The molecule has 0 unspecified atom stereocenters. The van der Waals surface area contributed by atoms with Crippen LogP contribution in [0.5, 0.6) is 5.75 Å². The maximum Gasteiger partial charge on any atom is 0.276 e. The van der Waals surface area contributed by atoms with Crippen molar-refractivity contribution in [1.29, 1.82) is 0 Å². The number of thiocarbonyl (C=S) groups is 1. The smallest absolute Gasteiger partial charge is 0.276 e. The Labute approximate surface area is 190 Å². The standard InChI is InChI=1S/C23H20ClN3O3S/c1-15-13-19(11-12-20(15)24)30-14-21(28)26-27-23(31)25-22(29)18-9-7-17(8-10-18)16-5-3-2-4-6-16/h2-13H,14H2,1H3,(H,26,28)(H2,25,27,29,31).